The highest BCUT2D eigenvalue weighted by atomic mass is 15.1. The average Bonchev–Trinajstić information content (AvgIpc) is 3.69. The molecule has 0 amide bonds. The van der Waals surface area contributed by atoms with Crippen molar-refractivity contribution in [3.8, 4) is 61.3 Å². The highest BCUT2D eigenvalue weighted by Crippen LogP contribution is 2.42. The van der Waals surface area contributed by atoms with Crippen LogP contribution < -0.4 is 4.90 Å². The smallest absolute Gasteiger partial charge is 0.0547 e. The van der Waals surface area contributed by atoms with E-state index in [0.29, 0.717) is 0 Å². The zero-order valence-electron chi connectivity index (χ0n) is 34.1. The molecule has 0 N–H and O–H groups in total. The number of hydrogen-bond acceptors (Lipinski definition) is 1. The maximum atomic E-state index is 2.39. The molecule has 0 aliphatic carbocycles. The van der Waals surface area contributed by atoms with Crippen LogP contribution in [-0.4, -0.2) is 4.57 Å². The predicted molar refractivity (Wildman–Crippen MR) is 263 cm³/mol. The Kier molecular flexibility index (Phi) is 9.57. The zero-order valence-corrected chi connectivity index (χ0v) is 34.1. The lowest BCUT2D eigenvalue weighted by molar-refractivity contribution is 1.18. The van der Waals surface area contributed by atoms with Gasteiger partial charge in [0.2, 0.25) is 0 Å². The van der Waals surface area contributed by atoms with Crippen LogP contribution in [0.3, 0.4) is 0 Å². The number of hydrogen-bond donors (Lipinski definition) is 0. The molecule has 0 unspecified atom stereocenters. The third-order valence-electron chi connectivity index (χ3n) is 12.0. The predicted octanol–water partition coefficient (Wildman–Crippen LogP) is 16.6. The molecule has 0 radical (unpaired) electrons. The molecule has 2 nitrogen and oxygen atoms in total. The van der Waals surface area contributed by atoms with Crippen molar-refractivity contribution in [2.45, 2.75) is 0 Å². The molecular formula is C60H42N2. The van der Waals surface area contributed by atoms with Crippen molar-refractivity contribution in [2.75, 3.05) is 4.90 Å². The van der Waals surface area contributed by atoms with Crippen LogP contribution in [-0.2, 0) is 0 Å². The van der Waals surface area contributed by atoms with Gasteiger partial charge in [-0.2, -0.15) is 0 Å². The largest absolute Gasteiger partial charge is 0.310 e. The van der Waals surface area contributed by atoms with E-state index in [9.17, 15) is 0 Å². The maximum Gasteiger partial charge on any atom is 0.0547 e. The van der Waals surface area contributed by atoms with Gasteiger partial charge < -0.3 is 9.47 Å². The molecule has 11 aromatic rings. The SMILES string of the molecule is c1ccc(-c2ccc(N(c3ccc(-c4ccccc4)cc3)c3cccc(-c4ccc(-c5ccc6c7ccccc7n(-c7ccccc7)c6c5)cc4-c4ccccc4)c3)cc2)cc1. The first-order valence-corrected chi connectivity index (χ1v) is 21.3. The summed E-state index contributed by atoms with van der Waals surface area (Å²) in [5, 5.41) is 2.50. The fourth-order valence-corrected chi connectivity index (χ4v) is 8.96. The summed E-state index contributed by atoms with van der Waals surface area (Å²) in [6.45, 7) is 0. The van der Waals surface area contributed by atoms with E-state index in [4.69, 9.17) is 0 Å². The first-order chi connectivity index (χ1) is 30.7. The maximum absolute atomic E-state index is 2.39. The number of fused-ring (bicyclic) bond motifs is 3. The van der Waals surface area contributed by atoms with Crippen molar-refractivity contribution < 1.29 is 0 Å². The van der Waals surface area contributed by atoms with Gasteiger partial charge in [0.05, 0.1) is 11.0 Å². The van der Waals surface area contributed by atoms with Crippen LogP contribution in [0.5, 0.6) is 0 Å². The minimum absolute atomic E-state index is 1.09. The van der Waals surface area contributed by atoms with Crippen molar-refractivity contribution in [1.29, 1.82) is 0 Å². The van der Waals surface area contributed by atoms with Crippen LogP contribution in [0.15, 0.2) is 255 Å². The molecular weight excluding hydrogens is 749 g/mol. The standard InChI is InChI=1S/C60H42N2/c1-5-16-43(17-6-1)45-28-34-52(35-29-45)61(53-36-30-46(31-37-53)44-18-7-2-8-19-44)54-25-15-22-50(40-54)55-38-32-48(41-58(55)47-20-9-3-10-21-47)49-33-39-57-56-26-13-14-27-59(56)62(60(57)42-49)51-23-11-4-12-24-51/h1-42H. The molecule has 11 rings (SSSR count). The molecule has 0 aliphatic rings. The quantitative estimate of drug-likeness (QED) is 0.141. The Morgan fingerprint density at radius 1 is 0.242 bits per heavy atom. The molecule has 0 aliphatic heterocycles. The van der Waals surface area contributed by atoms with E-state index < -0.39 is 0 Å². The second-order valence-electron chi connectivity index (χ2n) is 15.8. The number of anilines is 3. The van der Waals surface area contributed by atoms with Gasteiger partial charge in [0, 0.05) is 33.5 Å². The molecule has 292 valence electrons. The Morgan fingerprint density at radius 3 is 1.34 bits per heavy atom. The lowest BCUT2D eigenvalue weighted by atomic mass is 9.90. The molecule has 0 bridgehead atoms. The van der Waals surface area contributed by atoms with Gasteiger partial charge in [0.15, 0.2) is 0 Å². The van der Waals surface area contributed by atoms with Gasteiger partial charge in [-0.15, -0.1) is 0 Å². The molecule has 0 saturated carbocycles. The van der Waals surface area contributed by atoms with E-state index in [1.165, 1.54) is 71.9 Å². The van der Waals surface area contributed by atoms with Gasteiger partial charge in [-0.1, -0.05) is 188 Å². The second-order valence-corrected chi connectivity index (χ2v) is 15.8. The number of aromatic nitrogens is 1. The topological polar surface area (TPSA) is 8.17 Å². The molecule has 0 spiro atoms. The molecule has 1 aromatic heterocycles. The van der Waals surface area contributed by atoms with Gasteiger partial charge in [-0.3, -0.25) is 0 Å². The van der Waals surface area contributed by atoms with Crippen LogP contribution in [0.1, 0.15) is 0 Å². The summed E-state index contributed by atoms with van der Waals surface area (Å²) in [6.07, 6.45) is 0. The van der Waals surface area contributed by atoms with E-state index in [-0.39, 0.29) is 0 Å². The van der Waals surface area contributed by atoms with Crippen LogP contribution >= 0.6 is 0 Å². The third kappa shape index (κ3) is 6.94. The van der Waals surface area contributed by atoms with E-state index in [0.717, 1.165) is 28.3 Å². The fourth-order valence-electron chi connectivity index (χ4n) is 8.96. The molecule has 0 fully saturated rings. The van der Waals surface area contributed by atoms with E-state index in [2.05, 4.69) is 264 Å². The molecule has 2 heteroatoms. The van der Waals surface area contributed by atoms with Crippen molar-refractivity contribution in [3.63, 3.8) is 0 Å². The Bertz CT molecular complexity index is 3210. The van der Waals surface area contributed by atoms with Crippen LogP contribution in [0.25, 0.3) is 83.1 Å². The lowest BCUT2D eigenvalue weighted by Gasteiger charge is -2.27. The Morgan fingerprint density at radius 2 is 0.710 bits per heavy atom. The molecule has 10 aromatic carbocycles. The molecule has 0 saturated heterocycles. The second kappa shape index (κ2) is 16.1. The van der Waals surface area contributed by atoms with E-state index >= 15 is 0 Å². The molecule has 0 atom stereocenters. The summed E-state index contributed by atoms with van der Waals surface area (Å²) in [5.74, 6) is 0. The summed E-state index contributed by atoms with van der Waals surface area (Å²) >= 11 is 0. The van der Waals surface area contributed by atoms with Gasteiger partial charge in [-0.05, 0) is 122 Å². The van der Waals surface area contributed by atoms with E-state index in [1.54, 1.807) is 0 Å². The summed E-state index contributed by atoms with van der Waals surface area (Å²) in [7, 11) is 0. The number of rotatable bonds is 9. The van der Waals surface area contributed by atoms with E-state index in [1.807, 2.05) is 0 Å². The Labute approximate surface area is 362 Å². The summed E-state index contributed by atoms with van der Waals surface area (Å²) in [5.41, 5.74) is 18.7. The van der Waals surface area contributed by atoms with Crippen molar-refractivity contribution >= 4 is 38.9 Å². The summed E-state index contributed by atoms with van der Waals surface area (Å²) < 4.78 is 2.39. The van der Waals surface area contributed by atoms with Gasteiger partial charge in [0.1, 0.15) is 0 Å². The van der Waals surface area contributed by atoms with Crippen molar-refractivity contribution in [2.24, 2.45) is 0 Å². The third-order valence-corrected chi connectivity index (χ3v) is 12.0. The number of para-hydroxylation sites is 2. The van der Waals surface area contributed by atoms with Crippen molar-refractivity contribution in [1.82, 2.24) is 4.57 Å². The fraction of sp³-hybridized carbons (Fsp3) is 0. The van der Waals surface area contributed by atoms with Crippen LogP contribution in [0, 0.1) is 0 Å². The average molecular weight is 791 g/mol. The lowest BCUT2D eigenvalue weighted by Crippen LogP contribution is -2.10. The first-order valence-electron chi connectivity index (χ1n) is 21.3. The number of benzene rings is 10. The van der Waals surface area contributed by atoms with Gasteiger partial charge in [0.25, 0.3) is 0 Å². The first kappa shape index (κ1) is 36.8. The van der Waals surface area contributed by atoms with Gasteiger partial charge in [-0.25, -0.2) is 0 Å². The molecule has 1 heterocycles. The summed E-state index contributed by atoms with van der Waals surface area (Å²) in [6, 6.07) is 92.1. The highest BCUT2D eigenvalue weighted by molar-refractivity contribution is 6.10. The summed E-state index contributed by atoms with van der Waals surface area (Å²) in [4.78, 5) is 2.37. The number of nitrogens with zero attached hydrogens (tertiary/aromatic N) is 2. The normalized spacial score (nSPS) is 11.2. The van der Waals surface area contributed by atoms with Gasteiger partial charge >= 0.3 is 0 Å². The van der Waals surface area contributed by atoms with Crippen LogP contribution in [0.2, 0.25) is 0 Å². The zero-order chi connectivity index (χ0) is 41.2. The minimum atomic E-state index is 1.09. The highest BCUT2D eigenvalue weighted by Gasteiger charge is 2.18. The Balaban J connectivity index is 1.03. The Hall–Kier alpha value is -8.20. The van der Waals surface area contributed by atoms with Crippen molar-refractivity contribution in [3.05, 3.63) is 255 Å². The molecule has 62 heavy (non-hydrogen) atoms. The monoisotopic (exact) mass is 790 g/mol. The minimum Gasteiger partial charge on any atom is -0.310 e. The van der Waals surface area contributed by atoms with Crippen LogP contribution in [0.4, 0.5) is 17.1 Å².